The number of hydrogen-bond acceptors (Lipinski definition) is 3. The van der Waals surface area contributed by atoms with Gasteiger partial charge in [0.1, 0.15) is 17.2 Å². The minimum atomic E-state index is -3.06. The molecule has 3 rings (SSSR count). The van der Waals surface area contributed by atoms with Crippen LogP contribution in [-0.2, 0) is 16.3 Å². The fourth-order valence-corrected chi connectivity index (χ4v) is 3.54. The van der Waals surface area contributed by atoms with Crippen LogP contribution in [0.2, 0.25) is 0 Å². The summed E-state index contributed by atoms with van der Waals surface area (Å²) in [6.07, 6.45) is 0. The van der Waals surface area contributed by atoms with E-state index in [0.717, 1.165) is 24.0 Å². The maximum Gasteiger partial charge on any atom is 0.270 e. The summed E-state index contributed by atoms with van der Waals surface area (Å²) in [5.74, 6) is -6.71. The number of alkyl halides is 2. The largest absolute Gasteiger partial charge is 0.369 e. The van der Waals surface area contributed by atoms with Gasteiger partial charge in [0.15, 0.2) is 5.96 Å². The van der Waals surface area contributed by atoms with Gasteiger partial charge in [-0.3, -0.25) is 9.69 Å². The predicted octanol–water partition coefficient (Wildman–Crippen LogP) is 3.86. The molecule has 1 aliphatic heterocycles. The van der Waals surface area contributed by atoms with E-state index >= 15 is 0 Å². The highest BCUT2D eigenvalue weighted by Gasteiger charge is 2.49. The van der Waals surface area contributed by atoms with Crippen molar-refractivity contribution in [1.29, 1.82) is 0 Å². The number of hydrogen-bond donors (Lipinski definition) is 1. The van der Waals surface area contributed by atoms with Gasteiger partial charge in [-0.2, -0.15) is 0 Å². The molecular formula is C20H19F4N3O. The lowest BCUT2D eigenvalue weighted by Crippen LogP contribution is -2.53. The lowest BCUT2D eigenvalue weighted by molar-refractivity contribution is -0.130. The van der Waals surface area contributed by atoms with E-state index in [1.165, 1.54) is 44.3 Å². The molecule has 0 saturated heterocycles. The first kappa shape index (κ1) is 19.9. The molecule has 0 bridgehead atoms. The summed E-state index contributed by atoms with van der Waals surface area (Å²) in [6.45, 7) is 2.16. The Morgan fingerprint density at radius 3 is 2.14 bits per heavy atom. The Morgan fingerprint density at radius 2 is 1.64 bits per heavy atom. The van der Waals surface area contributed by atoms with Gasteiger partial charge in [-0.1, -0.05) is 30.3 Å². The molecule has 1 amide bonds. The van der Waals surface area contributed by atoms with Crippen molar-refractivity contribution in [2.24, 2.45) is 10.7 Å². The molecule has 4 nitrogen and oxygen atoms in total. The van der Waals surface area contributed by atoms with Crippen LogP contribution in [0.3, 0.4) is 0 Å². The van der Waals surface area contributed by atoms with E-state index in [0.29, 0.717) is 5.56 Å². The van der Waals surface area contributed by atoms with Crippen molar-refractivity contribution in [3.05, 3.63) is 70.8 Å². The van der Waals surface area contributed by atoms with E-state index in [1.807, 2.05) is 0 Å². The maximum atomic E-state index is 14.6. The summed E-state index contributed by atoms with van der Waals surface area (Å²) < 4.78 is 56.2. The number of halogens is 4. The van der Waals surface area contributed by atoms with Crippen molar-refractivity contribution in [3.63, 3.8) is 0 Å². The molecule has 0 radical (unpaired) electrons. The van der Waals surface area contributed by atoms with Crippen LogP contribution < -0.4 is 5.73 Å². The third-order valence-corrected chi connectivity index (χ3v) is 5.05. The van der Waals surface area contributed by atoms with Gasteiger partial charge in [-0.25, -0.2) is 22.6 Å². The fourth-order valence-electron chi connectivity index (χ4n) is 3.54. The Labute approximate surface area is 159 Å². The second kappa shape index (κ2) is 6.61. The van der Waals surface area contributed by atoms with E-state index in [-0.39, 0.29) is 11.5 Å². The van der Waals surface area contributed by atoms with E-state index in [2.05, 4.69) is 4.99 Å². The van der Waals surface area contributed by atoms with Crippen molar-refractivity contribution >= 4 is 11.9 Å². The number of nitrogens with zero attached hydrogens (tertiary/aromatic N) is 2. The van der Waals surface area contributed by atoms with E-state index < -0.39 is 40.5 Å². The Hall–Kier alpha value is -2.90. The van der Waals surface area contributed by atoms with Gasteiger partial charge in [0.2, 0.25) is 5.91 Å². The number of nitrogens with two attached hydrogens (primary N) is 1. The number of benzene rings is 2. The highest BCUT2D eigenvalue weighted by molar-refractivity contribution is 6.02. The van der Waals surface area contributed by atoms with Crippen LogP contribution >= 0.6 is 0 Å². The number of aliphatic imine (C=N–C) groups is 1. The summed E-state index contributed by atoms with van der Waals surface area (Å²) in [5.41, 5.74) is 3.77. The number of amides is 1. The van der Waals surface area contributed by atoms with Crippen LogP contribution in [0.15, 0.2) is 47.5 Å². The van der Waals surface area contributed by atoms with Crippen molar-refractivity contribution in [1.82, 2.24) is 4.90 Å². The third-order valence-electron chi connectivity index (χ3n) is 5.05. The fraction of sp³-hybridized carbons (Fsp3) is 0.300. The highest BCUT2D eigenvalue weighted by atomic mass is 19.3. The summed E-state index contributed by atoms with van der Waals surface area (Å²) in [5, 5.41) is 0. The molecule has 28 heavy (non-hydrogen) atoms. The average Bonchev–Trinajstić information content (AvgIpc) is 2.59. The number of rotatable bonds is 3. The molecule has 1 heterocycles. The molecule has 2 N–H and O–H groups in total. The second-order valence-electron chi connectivity index (χ2n) is 7.05. The first-order valence-electron chi connectivity index (χ1n) is 8.52. The summed E-state index contributed by atoms with van der Waals surface area (Å²) in [7, 11) is 1.39. The number of likely N-dealkylation sites (N-methyl/N-ethyl adjacent to an activating group) is 1. The van der Waals surface area contributed by atoms with Crippen molar-refractivity contribution in [2.75, 3.05) is 7.05 Å². The monoisotopic (exact) mass is 393 g/mol. The van der Waals surface area contributed by atoms with Crippen molar-refractivity contribution in [2.45, 2.75) is 31.2 Å². The summed E-state index contributed by atoms with van der Waals surface area (Å²) >= 11 is 0. The summed E-state index contributed by atoms with van der Waals surface area (Å²) in [6, 6.07) is 8.39. The molecule has 2 atom stereocenters. The van der Waals surface area contributed by atoms with Crippen molar-refractivity contribution in [3.8, 4) is 0 Å². The molecule has 148 valence electrons. The first-order chi connectivity index (χ1) is 13.0. The van der Waals surface area contributed by atoms with Crippen LogP contribution in [0, 0.1) is 11.6 Å². The van der Waals surface area contributed by atoms with Crippen LogP contribution in [0.5, 0.6) is 0 Å². The van der Waals surface area contributed by atoms with Gasteiger partial charge < -0.3 is 5.73 Å². The quantitative estimate of drug-likeness (QED) is 0.805. The Kier molecular flexibility index (Phi) is 4.69. The molecule has 0 saturated carbocycles. The van der Waals surface area contributed by atoms with Gasteiger partial charge in [-0.05, 0) is 24.6 Å². The first-order valence-corrected chi connectivity index (χ1v) is 8.52. The lowest BCUT2D eigenvalue weighted by Gasteiger charge is -2.41. The Morgan fingerprint density at radius 1 is 1.11 bits per heavy atom. The van der Waals surface area contributed by atoms with Crippen LogP contribution in [-0.4, -0.2) is 23.8 Å². The Balaban J connectivity index is 2.23. The van der Waals surface area contributed by atoms with Gasteiger partial charge in [-0.15, -0.1) is 0 Å². The zero-order valence-corrected chi connectivity index (χ0v) is 15.5. The zero-order chi connectivity index (χ0) is 20.9. The van der Waals surface area contributed by atoms with Crippen LogP contribution in [0.4, 0.5) is 17.6 Å². The molecule has 0 aliphatic carbocycles. The van der Waals surface area contributed by atoms with Gasteiger partial charge in [0.05, 0.1) is 11.5 Å². The molecule has 0 fully saturated rings. The highest BCUT2D eigenvalue weighted by Crippen LogP contribution is 2.45. The minimum Gasteiger partial charge on any atom is -0.369 e. The zero-order valence-electron chi connectivity index (χ0n) is 15.5. The lowest BCUT2D eigenvalue weighted by atomic mass is 9.74. The SMILES string of the molecule is CN1C(=O)[C@H](c2ccc(C(C)(F)F)cc2)[C@@](C)(c2c(F)cccc2F)N=C1N. The molecule has 0 unspecified atom stereocenters. The predicted molar refractivity (Wildman–Crippen MR) is 96.9 cm³/mol. The van der Waals surface area contributed by atoms with E-state index in [1.54, 1.807) is 0 Å². The molecule has 0 spiro atoms. The average molecular weight is 393 g/mol. The van der Waals surface area contributed by atoms with E-state index in [4.69, 9.17) is 5.73 Å². The van der Waals surface area contributed by atoms with Crippen LogP contribution in [0.1, 0.15) is 36.5 Å². The minimum absolute atomic E-state index is 0.192. The molecular weight excluding hydrogens is 374 g/mol. The van der Waals surface area contributed by atoms with Crippen LogP contribution in [0.25, 0.3) is 0 Å². The Bertz CT molecular complexity index is 933. The van der Waals surface area contributed by atoms with Gasteiger partial charge in [0, 0.05) is 19.5 Å². The molecule has 0 aromatic heterocycles. The molecule has 8 heteroatoms. The summed E-state index contributed by atoms with van der Waals surface area (Å²) in [4.78, 5) is 18.3. The van der Waals surface area contributed by atoms with E-state index in [9.17, 15) is 22.4 Å². The number of carbonyl (C=O) groups is 1. The van der Waals surface area contributed by atoms with Crippen molar-refractivity contribution < 1.29 is 22.4 Å². The third kappa shape index (κ3) is 3.12. The van der Waals surface area contributed by atoms with Gasteiger partial charge in [0.25, 0.3) is 5.92 Å². The normalized spacial score (nSPS) is 23.0. The van der Waals surface area contributed by atoms with Gasteiger partial charge >= 0.3 is 0 Å². The molecule has 1 aliphatic rings. The standard InChI is InChI=1S/C20H19F4N3O/c1-19(16-13(21)5-4-6-14(16)22)15(17(28)27(3)18(25)26-19)11-7-9-12(10-8-11)20(2,23)24/h4-10,15H,1-3H3,(H2,25,26)/t15-,19-/m0/s1. The smallest absolute Gasteiger partial charge is 0.270 e. The second-order valence-corrected chi connectivity index (χ2v) is 7.05. The molecule has 2 aromatic rings. The maximum absolute atomic E-state index is 14.6. The number of carbonyl (C=O) groups excluding carboxylic acids is 1. The number of guanidine groups is 1. The molecule has 2 aromatic carbocycles. The topological polar surface area (TPSA) is 58.7 Å².